The molecule has 4 nitrogen and oxygen atoms in total. The smallest absolute Gasteiger partial charge is 0.323 e. The van der Waals surface area contributed by atoms with Crippen LogP contribution in [0.4, 0.5) is 0 Å². The molecule has 1 fully saturated rings. The van der Waals surface area contributed by atoms with Crippen LogP contribution < -0.4 is 0 Å². The van der Waals surface area contributed by atoms with Gasteiger partial charge < -0.3 is 5.11 Å². The zero-order valence-corrected chi connectivity index (χ0v) is 11.8. The summed E-state index contributed by atoms with van der Waals surface area (Å²) in [4.78, 5) is 24.2. The fraction of sp³-hybridized carbons (Fsp3) is 0.154. The van der Waals surface area contributed by atoms with E-state index in [1.54, 1.807) is 6.08 Å². The van der Waals surface area contributed by atoms with Crippen LogP contribution in [-0.2, 0) is 9.59 Å². The van der Waals surface area contributed by atoms with E-state index in [0.717, 1.165) is 27.8 Å². The fourth-order valence-corrected chi connectivity index (χ4v) is 2.84. The number of thiocarbonyl (C=S) groups is 1. The number of aliphatic carboxylic acids is 1. The second kappa shape index (κ2) is 5.54. The van der Waals surface area contributed by atoms with Crippen LogP contribution in [0.2, 0.25) is 0 Å². The molecule has 0 aromatic heterocycles. The topological polar surface area (TPSA) is 57.6 Å². The number of thioether (sulfide) groups is 1. The molecule has 0 bridgehead atoms. The molecule has 0 radical (unpaired) electrons. The zero-order chi connectivity index (χ0) is 14.0. The largest absolute Gasteiger partial charge is 0.480 e. The van der Waals surface area contributed by atoms with Gasteiger partial charge in [-0.15, -0.1) is 0 Å². The minimum absolute atomic E-state index is 0.283. The van der Waals surface area contributed by atoms with Crippen molar-refractivity contribution >= 4 is 46.3 Å². The number of carboxylic acid groups (broad SMARTS) is 1. The second-order valence-corrected chi connectivity index (χ2v) is 5.75. The summed E-state index contributed by atoms with van der Waals surface area (Å²) >= 11 is 6.14. The van der Waals surface area contributed by atoms with Gasteiger partial charge in [-0.3, -0.25) is 14.5 Å². The molecule has 0 unspecified atom stereocenters. The molecule has 98 valence electrons. The molecule has 1 aliphatic heterocycles. The lowest BCUT2D eigenvalue weighted by atomic mass is 10.1. The van der Waals surface area contributed by atoms with Crippen LogP contribution >= 0.6 is 24.0 Å². The molecule has 19 heavy (non-hydrogen) atoms. The highest BCUT2D eigenvalue weighted by Gasteiger charge is 2.33. The van der Waals surface area contributed by atoms with E-state index in [-0.39, 0.29) is 10.2 Å². The van der Waals surface area contributed by atoms with Gasteiger partial charge in [0, 0.05) is 0 Å². The van der Waals surface area contributed by atoms with Gasteiger partial charge in [-0.1, -0.05) is 53.8 Å². The van der Waals surface area contributed by atoms with E-state index < -0.39 is 12.5 Å². The van der Waals surface area contributed by atoms with Crippen LogP contribution in [0.15, 0.2) is 29.2 Å². The molecule has 1 saturated heterocycles. The monoisotopic (exact) mass is 293 g/mol. The van der Waals surface area contributed by atoms with Crippen molar-refractivity contribution in [1.82, 2.24) is 4.90 Å². The number of hydrogen-bond donors (Lipinski definition) is 1. The van der Waals surface area contributed by atoms with E-state index >= 15 is 0 Å². The number of carbonyl (C=O) groups excluding carboxylic acids is 1. The summed E-state index contributed by atoms with van der Waals surface area (Å²) in [6, 6.07) is 7.70. The van der Waals surface area contributed by atoms with Crippen LogP contribution in [0.1, 0.15) is 11.1 Å². The summed E-state index contributed by atoms with van der Waals surface area (Å²) in [6.45, 7) is 1.59. The molecule has 1 N–H and O–H groups in total. The molecule has 0 atom stereocenters. The Balaban J connectivity index is 2.23. The molecule has 1 aliphatic rings. The number of aryl methyl sites for hydroxylation is 1. The predicted molar refractivity (Wildman–Crippen MR) is 78.7 cm³/mol. The first-order valence-corrected chi connectivity index (χ1v) is 6.73. The number of carboxylic acids is 1. The summed E-state index contributed by atoms with van der Waals surface area (Å²) in [7, 11) is 0. The van der Waals surface area contributed by atoms with Crippen LogP contribution in [-0.4, -0.2) is 32.7 Å². The first-order chi connectivity index (χ1) is 8.97. The minimum Gasteiger partial charge on any atom is -0.480 e. The first-order valence-electron chi connectivity index (χ1n) is 5.51. The summed E-state index contributed by atoms with van der Waals surface area (Å²) in [5.74, 6) is -1.43. The lowest BCUT2D eigenvalue weighted by Crippen LogP contribution is -2.33. The Morgan fingerprint density at radius 2 is 2.05 bits per heavy atom. The Hall–Kier alpha value is -1.66. The summed E-state index contributed by atoms with van der Waals surface area (Å²) in [5, 5.41) is 8.73. The number of benzene rings is 1. The average Bonchev–Trinajstić information content (AvgIpc) is 2.60. The molecule has 0 spiro atoms. The number of carbonyl (C=O) groups is 2. The van der Waals surface area contributed by atoms with Crippen molar-refractivity contribution in [3.05, 3.63) is 40.3 Å². The van der Waals surface area contributed by atoms with E-state index in [9.17, 15) is 9.59 Å². The maximum atomic E-state index is 12.0. The zero-order valence-electron chi connectivity index (χ0n) is 10.1. The molecule has 6 heteroatoms. The highest BCUT2D eigenvalue weighted by atomic mass is 32.2. The maximum Gasteiger partial charge on any atom is 0.323 e. The number of rotatable bonds is 3. The normalized spacial score (nSPS) is 17.3. The van der Waals surface area contributed by atoms with Crippen molar-refractivity contribution in [1.29, 1.82) is 0 Å². The van der Waals surface area contributed by atoms with E-state index in [1.165, 1.54) is 0 Å². The van der Waals surface area contributed by atoms with Crippen LogP contribution in [0.3, 0.4) is 0 Å². The molecular formula is C13H11NO3S2. The van der Waals surface area contributed by atoms with Gasteiger partial charge in [0.25, 0.3) is 5.91 Å². The van der Waals surface area contributed by atoms with Crippen molar-refractivity contribution in [3.8, 4) is 0 Å². The SMILES string of the molecule is Cc1ccc(/C=C2/SC(=S)N(CC(=O)O)C2=O)cc1. The van der Waals surface area contributed by atoms with Crippen molar-refractivity contribution in [2.45, 2.75) is 6.92 Å². The summed E-state index contributed by atoms with van der Waals surface area (Å²) in [6.07, 6.45) is 1.72. The minimum atomic E-state index is -1.08. The number of hydrogen-bond acceptors (Lipinski definition) is 4. The fourth-order valence-electron chi connectivity index (χ4n) is 1.59. The van der Waals surface area contributed by atoms with Crippen molar-refractivity contribution in [2.75, 3.05) is 6.54 Å². The van der Waals surface area contributed by atoms with Gasteiger partial charge in [-0.05, 0) is 18.6 Å². The third-order valence-electron chi connectivity index (χ3n) is 2.54. The van der Waals surface area contributed by atoms with Crippen LogP contribution in [0, 0.1) is 6.92 Å². The average molecular weight is 293 g/mol. The van der Waals surface area contributed by atoms with E-state index in [1.807, 2.05) is 31.2 Å². The number of nitrogens with zero attached hydrogens (tertiary/aromatic N) is 1. The van der Waals surface area contributed by atoms with Crippen molar-refractivity contribution in [3.63, 3.8) is 0 Å². The Bertz CT molecular complexity index is 578. The highest BCUT2D eigenvalue weighted by molar-refractivity contribution is 8.26. The van der Waals surface area contributed by atoms with Gasteiger partial charge in [0.05, 0.1) is 4.91 Å². The van der Waals surface area contributed by atoms with Gasteiger partial charge in [0.2, 0.25) is 0 Å². The molecule has 1 aromatic rings. The maximum absolute atomic E-state index is 12.0. The number of amides is 1. The second-order valence-electron chi connectivity index (χ2n) is 4.07. The summed E-state index contributed by atoms with van der Waals surface area (Å²) in [5.41, 5.74) is 2.03. The molecule has 1 amide bonds. The van der Waals surface area contributed by atoms with Gasteiger partial charge in [-0.2, -0.15) is 0 Å². The molecule has 1 heterocycles. The van der Waals surface area contributed by atoms with Gasteiger partial charge in [-0.25, -0.2) is 0 Å². The third-order valence-corrected chi connectivity index (χ3v) is 3.92. The lowest BCUT2D eigenvalue weighted by Gasteiger charge is -2.10. The quantitative estimate of drug-likeness (QED) is 0.684. The standard InChI is InChI=1S/C13H11NO3S2/c1-8-2-4-9(5-3-8)6-10-12(17)14(7-11(15)16)13(18)19-10/h2-6H,7H2,1H3,(H,15,16)/b10-6+. The van der Waals surface area contributed by atoms with Gasteiger partial charge >= 0.3 is 5.97 Å². The van der Waals surface area contributed by atoms with Gasteiger partial charge in [0.15, 0.2) is 0 Å². The van der Waals surface area contributed by atoms with Crippen molar-refractivity contribution < 1.29 is 14.7 Å². The first kappa shape index (κ1) is 13.8. The van der Waals surface area contributed by atoms with E-state index in [2.05, 4.69) is 0 Å². The molecule has 0 aliphatic carbocycles. The highest BCUT2D eigenvalue weighted by Crippen LogP contribution is 2.32. The Kier molecular flexibility index (Phi) is 4.01. The Labute approximate surface area is 120 Å². The van der Waals surface area contributed by atoms with E-state index in [0.29, 0.717) is 4.91 Å². The predicted octanol–water partition coefficient (Wildman–Crippen LogP) is 2.28. The van der Waals surface area contributed by atoms with E-state index in [4.69, 9.17) is 17.3 Å². The Morgan fingerprint density at radius 3 is 2.63 bits per heavy atom. The van der Waals surface area contributed by atoms with Crippen LogP contribution in [0.25, 0.3) is 6.08 Å². The molecule has 1 aromatic carbocycles. The molecule has 0 saturated carbocycles. The van der Waals surface area contributed by atoms with Crippen LogP contribution in [0.5, 0.6) is 0 Å². The Morgan fingerprint density at radius 1 is 1.42 bits per heavy atom. The van der Waals surface area contributed by atoms with Gasteiger partial charge in [0.1, 0.15) is 10.9 Å². The molecular weight excluding hydrogens is 282 g/mol. The van der Waals surface area contributed by atoms with Crippen molar-refractivity contribution in [2.24, 2.45) is 0 Å². The molecule has 2 rings (SSSR count). The lowest BCUT2D eigenvalue weighted by molar-refractivity contribution is -0.140. The summed E-state index contributed by atoms with van der Waals surface area (Å²) < 4.78 is 0.283. The third kappa shape index (κ3) is 3.21.